The van der Waals surface area contributed by atoms with Crippen molar-refractivity contribution in [3.63, 3.8) is 0 Å². The number of nitrogens with two attached hydrogens (primary N) is 1. The number of hydrogen-bond acceptors (Lipinski definition) is 5. The van der Waals surface area contributed by atoms with Gasteiger partial charge in [0.25, 0.3) is 0 Å². The van der Waals surface area contributed by atoms with E-state index in [2.05, 4.69) is 10.1 Å². The highest BCUT2D eigenvalue weighted by atomic mass is 32.2. The zero-order valence-corrected chi connectivity index (χ0v) is 12.3. The van der Waals surface area contributed by atoms with Gasteiger partial charge in [0, 0.05) is 18.3 Å². The van der Waals surface area contributed by atoms with Gasteiger partial charge in [0.15, 0.2) is 0 Å². The Labute approximate surface area is 119 Å². The average molecular weight is 288 g/mol. The monoisotopic (exact) mass is 288 g/mol. The van der Waals surface area contributed by atoms with Gasteiger partial charge in [-0.05, 0) is 12.8 Å². The predicted molar refractivity (Wildman–Crippen MR) is 76.9 cm³/mol. The minimum absolute atomic E-state index is 0.00905. The third-order valence-corrected chi connectivity index (χ3v) is 4.33. The van der Waals surface area contributed by atoms with Crippen LogP contribution >= 0.6 is 11.8 Å². The van der Waals surface area contributed by atoms with Crippen molar-refractivity contribution in [2.75, 3.05) is 25.2 Å². The number of esters is 1. The van der Waals surface area contributed by atoms with Crippen LogP contribution in [0.4, 0.5) is 0 Å². The lowest BCUT2D eigenvalue weighted by Gasteiger charge is -2.20. The first-order chi connectivity index (χ1) is 9.15. The molecule has 6 heteroatoms. The molecule has 0 aliphatic heterocycles. The molecule has 2 unspecified atom stereocenters. The molecular weight excluding hydrogens is 264 g/mol. The number of carbonyl (C=O) groups is 2. The molecule has 1 aliphatic rings. The van der Waals surface area contributed by atoms with Crippen LogP contribution in [0.5, 0.6) is 0 Å². The molecule has 1 aliphatic carbocycles. The number of hydrogen-bond donors (Lipinski definition) is 2. The molecule has 1 saturated carbocycles. The van der Waals surface area contributed by atoms with Crippen molar-refractivity contribution in [2.45, 2.75) is 38.1 Å². The molecule has 0 radical (unpaired) electrons. The topological polar surface area (TPSA) is 81.4 Å². The highest BCUT2D eigenvalue weighted by molar-refractivity contribution is 7.99. The van der Waals surface area contributed by atoms with Crippen molar-refractivity contribution in [3.05, 3.63) is 0 Å². The van der Waals surface area contributed by atoms with Crippen molar-refractivity contribution in [2.24, 2.45) is 11.7 Å². The highest BCUT2D eigenvalue weighted by Gasteiger charge is 2.26. The first kappa shape index (κ1) is 16.3. The van der Waals surface area contributed by atoms with Gasteiger partial charge in [0.1, 0.15) is 0 Å². The second-order valence-corrected chi connectivity index (χ2v) is 5.93. The van der Waals surface area contributed by atoms with Crippen LogP contribution in [0.25, 0.3) is 0 Å². The number of carbonyl (C=O) groups excluding carboxylic acids is 2. The molecule has 0 aromatic heterocycles. The van der Waals surface area contributed by atoms with E-state index in [0.29, 0.717) is 18.1 Å². The van der Waals surface area contributed by atoms with Gasteiger partial charge in [-0.15, -0.1) is 11.8 Å². The zero-order chi connectivity index (χ0) is 14.1. The molecule has 0 aromatic carbocycles. The summed E-state index contributed by atoms with van der Waals surface area (Å²) in [6.07, 6.45) is 5.22. The van der Waals surface area contributed by atoms with Crippen molar-refractivity contribution >= 4 is 23.6 Å². The second kappa shape index (κ2) is 9.20. The summed E-state index contributed by atoms with van der Waals surface area (Å²) in [6, 6.07) is -0.00905. The molecule has 0 spiro atoms. The van der Waals surface area contributed by atoms with E-state index in [1.165, 1.54) is 25.3 Å². The summed E-state index contributed by atoms with van der Waals surface area (Å²) in [4.78, 5) is 22.9. The fourth-order valence-corrected chi connectivity index (χ4v) is 2.93. The van der Waals surface area contributed by atoms with Gasteiger partial charge in [-0.3, -0.25) is 9.59 Å². The van der Waals surface area contributed by atoms with Crippen LogP contribution in [0, 0.1) is 5.92 Å². The Balaban J connectivity index is 2.17. The maximum absolute atomic E-state index is 12.0. The smallest absolute Gasteiger partial charge is 0.315 e. The summed E-state index contributed by atoms with van der Waals surface area (Å²) >= 11 is 1.46. The molecule has 2 atom stereocenters. The first-order valence-electron chi connectivity index (χ1n) is 6.83. The van der Waals surface area contributed by atoms with Gasteiger partial charge in [-0.25, -0.2) is 0 Å². The lowest BCUT2D eigenvalue weighted by atomic mass is 9.95. The third-order valence-electron chi connectivity index (χ3n) is 3.40. The Morgan fingerprint density at radius 3 is 2.79 bits per heavy atom. The molecule has 3 N–H and O–H groups in total. The van der Waals surface area contributed by atoms with Gasteiger partial charge in [-0.2, -0.15) is 0 Å². The van der Waals surface area contributed by atoms with Crippen molar-refractivity contribution in [3.8, 4) is 0 Å². The van der Waals surface area contributed by atoms with E-state index in [-0.39, 0.29) is 23.8 Å². The van der Waals surface area contributed by atoms with E-state index in [0.717, 1.165) is 25.7 Å². The van der Waals surface area contributed by atoms with E-state index in [4.69, 9.17) is 5.73 Å². The van der Waals surface area contributed by atoms with Crippen molar-refractivity contribution < 1.29 is 14.3 Å². The molecule has 0 bridgehead atoms. The SMILES string of the molecule is COC(=O)CSCCNC(=O)C1CCCCCC1N. The van der Waals surface area contributed by atoms with E-state index in [1.807, 2.05) is 0 Å². The summed E-state index contributed by atoms with van der Waals surface area (Å²) < 4.78 is 4.54. The normalized spacial score (nSPS) is 23.5. The number of thioether (sulfide) groups is 1. The third kappa shape index (κ3) is 6.29. The van der Waals surface area contributed by atoms with E-state index in [9.17, 15) is 9.59 Å². The molecule has 0 saturated heterocycles. The molecule has 1 fully saturated rings. The van der Waals surface area contributed by atoms with Gasteiger partial charge in [0.05, 0.1) is 18.8 Å². The number of ether oxygens (including phenoxy) is 1. The standard InChI is InChI=1S/C13H24N2O3S/c1-18-12(16)9-19-8-7-15-13(17)10-5-3-2-4-6-11(10)14/h10-11H,2-9,14H2,1H3,(H,15,17). The van der Waals surface area contributed by atoms with Crippen LogP contribution in [0.1, 0.15) is 32.1 Å². The number of nitrogens with one attached hydrogen (secondary N) is 1. The van der Waals surface area contributed by atoms with Crippen LogP contribution in [-0.4, -0.2) is 43.1 Å². The Kier molecular flexibility index (Phi) is 7.90. The molecule has 110 valence electrons. The molecule has 5 nitrogen and oxygen atoms in total. The van der Waals surface area contributed by atoms with Crippen LogP contribution < -0.4 is 11.1 Å². The van der Waals surface area contributed by atoms with E-state index < -0.39 is 0 Å². The quantitative estimate of drug-likeness (QED) is 0.431. The lowest BCUT2D eigenvalue weighted by Crippen LogP contribution is -2.42. The minimum atomic E-state index is -0.234. The summed E-state index contributed by atoms with van der Waals surface area (Å²) in [5.41, 5.74) is 6.04. The van der Waals surface area contributed by atoms with Crippen molar-refractivity contribution in [1.82, 2.24) is 5.32 Å². The van der Waals surface area contributed by atoms with Crippen LogP contribution in [0.3, 0.4) is 0 Å². The summed E-state index contributed by atoms with van der Waals surface area (Å²) in [7, 11) is 1.37. The summed E-state index contributed by atoms with van der Waals surface area (Å²) in [5.74, 6) is 0.821. The Morgan fingerprint density at radius 2 is 2.05 bits per heavy atom. The molecule has 0 aromatic rings. The van der Waals surface area contributed by atoms with Gasteiger partial charge in [0.2, 0.25) is 5.91 Å². The first-order valence-corrected chi connectivity index (χ1v) is 7.98. The van der Waals surface area contributed by atoms with Gasteiger partial charge in [-0.1, -0.05) is 19.3 Å². The second-order valence-electron chi connectivity index (χ2n) is 4.83. The lowest BCUT2D eigenvalue weighted by molar-refractivity contribution is -0.137. The number of amides is 1. The van der Waals surface area contributed by atoms with E-state index >= 15 is 0 Å². The van der Waals surface area contributed by atoms with Crippen LogP contribution in [0.2, 0.25) is 0 Å². The predicted octanol–water partition coefficient (Wildman–Crippen LogP) is 0.916. The van der Waals surface area contributed by atoms with Crippen LogP contribution in [-0.2, 0) is 14.3 Å². The largest absolute Gasteiger partial charge is 0.468 e. The number of rotatable bonds is 6. The Morgan fingerprint density at radius 1 is 1.32 bits per heavy atom. The maximum atomic E-state index is 12.0. The maximum Gasteiger partial charge on any atom is 0.315 e. The van der Waals surface area contributed by atoms with Crippen molar-refractivity contribution in [1.29, 1.82) is 0 Å². The van der Waals surface area contributed by atoms with E-state index in [1.54, 1.807) is 0 Å². The fraction of sp³-hybridized carbons (Fsp3) is 0.846. The zero-order valence-electron chi connectivity index (χ0n) is 11.5. The summed E-state index contributed by atoms with van der Waals surface area (Å²) in [5, 5.41) is 2.91. The molecule has 0 heterocycles. The molecule has 1 rings (SSSR count). The average Bonchev–Trinajstić information content (AvgIpc) is 2.62. The molecule has 19 heavy (non-hydrogen) atoms. The molecular formula is C13H24N2O3S. The molecule has 1 amide bonds. The highest BCUT2D eigenvalue weighted by Crippen LogP contribution is 2.22. The van der Waals surface area contributed by atoms with Gasteiger partial charge < -0.3 is 15.8 Å². The minimum Gasteiger partial charge on any atom is -0.468 e. The van der Waals surface area contributed by atoms with Crippen LogP contribution in [0.15, 0.2) is 0 Å². The Bertz CT molecular complexity index is 300. The van der Waals surface area contributed by atoms with Gasteiger partial charge >= 0.3 is 5.97 Å². The Hall–Kier alpha value is -0.750. The summed E-state index contributed by atoms with van der Waals surface area (Å²) in [6.45, 7) is 0.573. The number of methoxy groups -OCH3 is 1. The fourth-order valence-electron chi connectivity index (χ4n) is 2.25.